The molecule has 0 N–H and O–H groups in total. The van der Waals surface area contributed by atoms with Gasteiger partial charge in [0.05, 0.1) is 11.2 Å². The van der Waals surface area contributed by atoms with E-state index in [9.17, 15) is 0 Å². The Kier molecular flexibility index (Phi) is 3.90. The first-order valence-corrected chi connectivity index (χ1v) is 7.17. The predicted octanol–water partition coefficient (Wildman–Crippen LogP) is 3.94. The first-order chi connectivity index (χ1) is 8.30. The van der Waals surface area contributed by atoms with E-state index in [4.69, 9.17) is 9.31 Å². The lowest BCUT2D eigenvalue weighted by molar-refractivity contribution is 0.00578. The molecule has 1 saturated heterocycles. The molecule has 0 bridgehead atoms. The second-order valence-corrected chi connectivity index (χ2v) is 6.78. The van der Waals surface area contributed by atoms with Gasteiger partial charge in [0.25, 0.3) is 0 Å². The third-order valence-corrected chi connectivity index (χ3v) is 4.24. The number of rotatable bonds is 2. The van der Waals surface area contributed by atoms with Gasteiger partial charge in [-0.1, -0.05) is 24.2 Å². The molecule has 1 aliphatic heterocycles. The largest absolute Gasteiger partial charge is 0.487 e. The predicted molar refractivity (Wildman–Crippen MR) is 84.3 cm³/mol. The SMILES string of the molecule is CC1(C)OB(C=Cc2cccc(I)c2)OC1(C)C. The molecule has 1 aliphatic rings. The lowest BCUT2D eigenvalue weighted by Crippen LogP contribution is -2.41. The van der Waals surface area contributed by atoms with Crippen LogP contribution < -0.4 is 0 Å². The summed E-state index contributed by atoms with van der Waals surface area (Å²) >= 11 is 2.31. The molecule has 1 fully saturated rings. The van der Waals surface area contributed by atoms with Crippen LogP contribution in [0.25, 0.3) is 6.08 Å². The fourth-order valence-corrected chi connectivity index (χ4v) is 2.33. The van der Waals surface area contributed by atoms with Crippen LogP contribution >= 0.6 is 22.6 Å². The van der Waals surface area contributed by atoms with Crippen molar-refractivity contribution in [1.29, 1.82) is 0 Å². The third-order valence-electron chi connectivity index (χ3n) is 3.57. The quantitative estimate of drug-likeness (QED) is 0.591. The molecule has 96 valence electrons. The molecule has 1 aromatic rings. The van der Waals surface area contributed by atoms with Crippen LogP contribution in [0.3, 0.4) is 0 Å². The van der Waals surface area contributed by atoms with Gasteiger partial charge >= 0.3 is 7.12 Å². The highest BCUT2D eigenvalue weighted by molar-refractivity contribution is 14.1. The van der Waals surface area contributed by atoms with Gasteiger partial charge in [0.15, 0.2) is 0 Å². The van der Waals surface area contributed by atoms with E-state index in [1.165, 1.54) is 3.57 Å². The molecule has 0 spiro atoms. The lowest BCUT2D eigenvalue weighted by atomic mass is 9.89. The molecule has 2 rings (SSSR count). The Morgan fingerprint density at radius 3 is 2.28 bits per heavy atom. The van der Waals surface area contributed by atoms with Gasteiger partial charge in [-0.15, -0.1) is 0 Å². The van der Waals surface area contributed by atoms with Gasteiger partial charge in [-0.25, -0.2) is 0 Å². The van der Waals surface area contributed by atoms with Crippen LogP contribution in [-0.2, 0) is 9.31 Å². The lowest BCUT2D eigenvalue weighted by Gasteiger charge is -2.32. The van der Waals surface area contributed by atoms with Crippen molar-refractivity contribution in [2.45, 2.75) is 38.9 Å². The van der Waals surface area contributed by atoms with Crippen molar-refractivity contribution in [2.75, 3.05) is 0 Å². The summed E-state index contributed by atoms with van der Waals surface area (Å²) in [5, 5.41) is 0. The van der Waals surface area contributed by atoms with Crippen LogP contribution in [0.5, 0.6) is 0 Å². The van der Waals surface area contributed by atoms with Gasteiger partial charge in [0.1, 0.15) is 0 Å². The molecule has 0 saturated carbocycles. The Balaban J connectivity index is 2.08. The van der Waals surface area contributed by atoms with Gasteiger partial charge < -0.3 is 9.31 Å². The molecule has 0 amide bonds. The van der Waals surface area contributed by atoms with Crippen molar-refractivity contribution in [3.05, 3.63) is 39.4 Å². The summed E-state index contributed by atoms with van der Waals surface area (Å²) in [4.78, 5) is 0. The molecule has 0 atom stereocenters. The summed E-state index contributed by atoms with van der Waals surface area (Å²) in [5.41, 5.74) is 0.622. The van der Waals surface area contributed by atoms with Crippen molar-refractivity contribution < 1.29 is 9.31 Å². The van der Waals surface area contributed by atoms with E-state index in [-0.39, 0.29) is 18.3 Å². The molecule has 4 heteroatoms. The van der Waals surface area contributed by atoms with Gasteiger partial charge in [-0.3, -0.25) is 0 Å². The average Bonchev–Trinajstić information content (AvgIpc) is 2.45. The maximum atomic E-state index is 5.91. The Morgan fingerprint density at radius 2 is 1.72 bits per heavy atom. The van der Waals surface area contributed by atoms with E-state index in [1.54, 1.807) is 0 Å². The maximum Gasteiger partial charge on any atom is 0.487 e. The van der Waals surface area contributed by atoms with E-state index in [2.05, 4.69) is 68.5 Å². The molecule has 1 aromatic carbocycles. The zero-order chi connectivity index (χ0) is 13.4. The van der Waals surface area contributed by atoms with Crippen molar-refractivity contribution in [1.82, 2.24) is 0 Å². The Hall–Kier alpha value is -0.325. The van der Waals surface area contributed by atoms with Gasteiger partial charge in [0.2, 0.25) is 0 Å². The first kappa shape index (κ1) is 14.1. The van der Waals surface area contributed by atoms with Gasteiger partial charge in [0, 0.05) is 3.57 Å². The Labute approximate surface area is 123 Å². The summed E-state index contributed by atoms with van der Waals surface area (Å²) < 4.78 is 13.0. The number of halogens is 1. The minimum absolute atomic E-state index is 0.270. The third kappa shape index (κ3) is 2.98. The Bertz CT molecular complexity index is 453. The maximum absolute atomic E-state index is 5.91. The fraction of sp³-hybridized carbons (Fsp3) is 0.429. The standard InChI is InChI=1S/C14H18BIO2/c1-13(2)14(3,4)18-15(17-13)9-8-11-6-5-7-12(16)10-11/h5-10H,1-4H3. The minimum Gasteiger partial charge on any atom is -0.400 e. The molecule has 1 heterocycles. The Morgan fingerprint density at radius 1 is 1.11 bits per heavy atom. The smallest absolute Gasteiger partial charge is 0.400 e. The zero-order valence-corrected chi connectivity index (χ0v) is 13.4. The molecule has 0 radical (unpaired) electrons. The molecule has 18 heavy (non-hydrogen) atoms. The second kappa shape index (κ2) is 4.98. The second-order valence-electron chi connectivity index (χ2n) is 5.54. The van der Waals surface area contributed by atoms with Crippen molar-refractivity contribution >= 4 is 35.8 Å². The fourth-order valence-electron chi connectivity index (χ4n) is 1.77. The normalized spacial score (nSPS) is 21.7. The molecule has 0 unspecified atom stereocenters. The zero-order valence-electron chi connectivity index (χ0n) is 11.2. The van der Waals surface area contributed by atoms with Crippen LogP contribution in [0.1, 0.15) is 33.3 Å². The number of benzene rings is 1. The van der Waals surface area contributed by atoms with Crippen molar-refractivity contribution in [3.63, 3.8) is 0 Å². The molecular formula is C14H18BIO2. The first-order valence-electron chi connectivity index (χ1n) is 6.10. The van der Waals surface area contributed by atoms with E-state index < -0.39 is 0 Å². The van der Waals surface area contributed by atoms with E-state index in [1.807, 2.05) is 18.1 Å². The van der Waals surface area contributed by atoms with E-state index in [0.717, 1.165) is 5.56 Å². The van der Waals surface area contributed by atoms with Crippen LogP contribution in [-0.4, -0.2) is 18.3 Å². The monoisotopic (exact) mass is 356 g/mol. The topological polar surface area (TPSA) is 18.5 Å². The average molecular weight is 356 g/mol. The van der Waals surface area contributed by atoms with Crippen molar-refractivity contribution in [3.8, 4) is 0 Å². The summed E-state index contributed by atoms with van der Waals surface area (Å²) in [7, 11) is -0.270. The number of hydrogen-bond donors (Lipinski definition) is 0. The van der Waals surface area contributed by atoms with Crippen molar-refractivity contribution in [2.24, 2.45) is 0 Å². The molecule has 0 aromatic heterocycles. The van der Waals surface area contributed by atoms with Crippen LogP contribution in [0.15, 0.2) is 30.2 Å². The summed E-state index contributed by atoms with van der Waals surface area (Å²) in [6, 6.07) is 8.32. The van der Waals surface area contributed by atoms with Gasteiger partial charge in [-0.2, -0.15) is 0 Å². The van der Waals surface area contributed by atoms with E-state index >= 15 is 0 Å². The highest BCUT2D eigenvalue weighted by Gasteiger charge is 2.49. The summed E-state index contributed by atoms with van der Waals surface area (Å²) in [6.07, 6.45) is 2.05. The molecule has 0 aliphatic carbocycles. The highest BCUT2D eigenvalue weighted by Crippen LogP contribution is 2.37. The molecular weight excluding hydrogens is 338 g/mol. The summed E-state index contributed by atoms with van der Waals surface area (Å²) in [5.74, 6) is 1.97. The summed E-state index contributed by atoms with van der Waals surface area (Å²) in [6.45, 7) is 8.25. The van der Waals surface area contributed by atoms with E-state index in [0.29, 0.717) is 0 Å². The van der Waals surface area contributed by atoms with Crippen LogP contribution in [0.4, 0.5) is 0 Å². The molecule has 2 nitrogen and oxygen atoms in total. The van der Waals surface area contributed by atoms with Crippen LogP contribution in [0.2, 0.25) is 0 Å². The minimum atomic E-state index is -0.271. The number of hydrogen-bond acceptors (Lipinski definition) is 2. The van der Waals surface area contributed by atoms with Crippen LogP contribution in [0, 0.1) is 3.57 Å². The highest BCUT2D eigenvalue weighted by atomic mass is 127. The van der Waals surface area contributed by atoms with Gasteiger partial charge in [-0.05, 0) is 68.0 Å².